The van der Waals surface area contributed by atoms with E-state index in [1.807, 2.05) is 0 Å². The van der Waals surface area contributed by atoms with Crippen LogP contribution in [0.25, 0.3) is 0 Å². The summed E-state index contributed by atoms with van der Waals surface area (Å²) < 4.78 is 16.7. The second kappa shape index (κ2) is 52.5. The number of esters is 3. The maximum atomic E-state index is 12.7. The average Bonchev–Trinajstić information content (AvgIpc) is 3.29. The van der Waals surface area contributed by atoms with Gasteiger partial charge in [-0.25, -0.2) is 0 Å². The minimum Gasteiger partial charge on any atom is -0.462 e. The van der Waals surface area contributed by atoms with Crippen LogP contribution in [0.5, 0.6) is 0 Å². The molecule has 6 heteroatoms. The summed E-state index contributed by atoms with van der Waals surface area (Å²) in [5.41, 5.74) is 0. The summed E-state index contributed by atoms with van der Waals surface area (Å²) in [5.74, 6) is -0.884. The van der Waals surface area contributed by atoms with E-state index in [4.69, 9.17) is 14.2 Å². The van der Waals surface area contributed by atoms with Gasteiger partial charge in [0.25, 0.3) is 0 Å². The highest BCUT2D eigenvalue weighted by Crippen LogP contribution is 2.15. The average molecular weight is 893 g/mol. The van der Waals surface area contributed by atoms with Crippen molar-refractivity contribution in [1.82, 2.24) is 0 Å². The summed E-state index contributed by atoms with van der Waals surface area (Å²) in [6.07, 6.45) is 66.2. The molecule has 0 amide bonds. The predicted octanol–water partition coefficient (Wildman–Crippen LogP) is 17.8. The molecular formula is C58H100O6. The first-order chi connectivity index (χ1) is 31.5. The van der Waals surface area contributed by atoms with Crippen LogP contribution in [0.4, 0.5) is 0 Å². The highest BCUT2D eigenvalue weighted by molar-refractivity contribution is 5.71. The van der Waals surface area contributed by atoms with Crippen molar-refractivity contribution in [2.24, 2.45) is 0 Å². The van der Waals surface area contributed by atoms with Crippen LogP contribution in [0.3, 0.4) is 0 Å². The van der Waals surface area contributed by atoms with Crippen molar-refractivity contribution in [1.29, 1.82) is 0 Å². The third-order valence-corrected chi connectivity index (χ3v) is 11.5. The summed E-state index contributed by atoms with van der Waals surface area (Å²) in [5, 5.41) is 0. The van der Waals surface area contributed by atoms with Gasteiger partial charge in [-0.2, -0.15) is 0 Å². The largest absolute Gasteiger partial charge is 0.462 e. The van der Waals surface area contributed by atoms with E-state index in [-0.39, 0.29) is 31.1 Å². The third-order valence-electron chi connectivity index (χ3n) is 11.5. The first-order valence-corrected chi connectivity index (χ1v) is 26.9. The fourth-order valence-electron chi connectivity index (χ4n) is 7.45. The van der Waals surface area contributed by atoms with Gasteiger partial charge in [0, 0.05) is 19.3 Å². The van der Waals surface area contributed by atoms with Crippen molar-refractivity contribution in [3.05, 3.63) is 72.9 Å². The van der Waals surface area contributed by atoms with Crippen molar-refractivity contribution >= 4 is 17.9 Å². The highest BCUT2D eigenvalue weighted by Gasteiger charge is 2.19. The van der Waals surface area contributed by atoms with Gasteiger partial charge in [0.15, 0.2) is 6.10 Å². The zero-order chi connectivity index (χ0) is 46.5. The van der Waals surface area contributed by atoms with Crippen LogP contribution in [0.1, 0.15) is 258 Å². The standard InChI is InChI=1S/C58H100O6/c1-4-7-10-13-16-19-21-22-23-24-25-26-27-28-29-30-31-32-33-34-35-36-37-40-42-45-48-51-57(60)63-54-55(53-62-56(59)50-47-44-41-38-18-15-12-9-6-3)64-58(61)52-49-46-43-39-20-17-14-11-8-5-2/h7,10,16,19,22-23,25-26,28-29,31-32,55H,4-6,8-9,11-15,17-18,20-21,24,27,30,33-54H2,1-3H3/b10-7-,19-16-,23-22-,26-25-,29-28-,32-31-. The fourth-order valence-corrected chi connectivity index (χ4v) is 7.45. The number of rotatable bonds is 48. The Labute approximate surface area is 395 Å². The lowest BCUT2D eigenvalue weighted by molar-refractivity contribution is -0.167. The molecule has 0 bridgehead atoms. The van der Waals surface area contributed by atoms with Crippen molar-refractivity contribution in [3.8, 4) is 0 Å². The van der Waals surface area contributed by atoms with Crippen molar-refractivity contribution in [3.63, 3.8) is 0 Å². The lowest BCUT2D eigenvalue weighted by Crippen LogP contribution is -2.30. The molecule has 0 aliphatic rings. The van der Waals surface area contributed by atoms with E-state index in [2.05, 4.69) is 93.7 Å². The summed E-state index contributed by atoms with van der Waals surface area (Å²) in [6, 6.07) is 0. The van der Waals surface area contributed by atoms with Crippen molar-refractivity contribution in [2.75, 3.05) is 13.2 Å². The zero-order valence-corrected chi connectivity index (χ0v) is 42.0. The number of hydrogen-bond donors (Lipinski definition) is 0. The maximum absolute atomic E-state index is 12.7. The lowest BCUT2D eigenvalue weighted by Gasteiger charge is -2.18. The molecule has 6 nitrogen and oxygen atoms in total. The first kappa shape index (κ1) is 60.9. The van der Waals surface area contributed by atoms with E-state index in [0.717, 1.165) is 103 Å². The quantitative estimate of drug-likeness (QED) is 0.0262. The molecule has 0 aromatic heterocycles. The Morgan fingerprint density at radius 3 is 0.953 bits per heavy atom. The minimum atomic E-state index is -0.772. The maximum Gasteiger partial charge on any atom is 0.306 e. The number of unbranched alkanes of at least 4 members (excludes halogenated alkanes) is 25. The van der Waals surface area contributed by atoms with Gasteiger partial charge in [0.2, 0.25) is 0 Å². The van der Waals surface area contributed by atoms with Crippen LogP contribution in [0.15, 0.2) is 72.9 Å². The molecule has 0 spiro atoms. The van der Waals surface area contributed by atoms with Crippen molar-refractivity contribution < 1.29 is 28.6 Å². The van der Waals surface area contributed by atoms with E-state index < -0.39 is 6.10 Å². The molecule has 0 heterocycles. The van der Waals surface area contributed by atoms with E-state index in [1.165, 1.54) is 116 Å². The topological polar surface area (TPSA) is 78.9 Å². The normalized spacial score (nSPS) is 12.6. The molecule has 64 heavy (non-hydrogen) atoms. The molecule has 0 saturated heterocycles. The van der Waals surface area contributed by atoms with Crippen LogP contribution < -0.4 is 0 Å². The molecule has 0 fully saturated rings. The molecule has 368 valence electrons. The van der Waals surface area contributed by atoms with E-state index in [1.54, 1.807) is 0 Å². The number of allylic oxidation sites excluding steroid dienone is 12. The van der Waals surface area contributed by atoms with Gasteiger partial charge in [-0.05, 0) is 70.6 Å². The van der Waals surface area contributed by atoms with Gasteiger partial charge in [-0.1, -0.05) is 241 Å². The molecular weight excluding hydrogens is 793 g/mol. The van der Waals surface area contributed by atoms with Gasteiger partial charge >= 0.3 is 17.9 Å². The number of carbonyl (C=O) groups is 3. The molecule has 0 N–H and O–H groups in total. The van der Waals surface area contributed by atoms with Gasteiger partial charge in [0.05, 0.1) is 0 Å². The molecule has 0 saturated carbocycles. The Hall–Kier alpha value is -3.15. The lowest BCUT2D eigenvalue weighted by atomic mass is 10.1. The van der Waals surface area contributed by atoms with Crippen LogP contribution in [0, 0.1) is 0 Å². The first-order valence-electron chi connectivity index (χ1n) is 26.9. The Kier molecular flexibility index (Phi) is 49.9. The Bertz CT molecular complexity index is 1210. The molecule has 1 unspecified atom stereocenters. The minimum absolute atomic E-state index is 0.0747. The fraction of sp³-hybridized carbons (Fsp3) is 0.741. The highest BCUT2D eigenvalue weighted by atomic mass is 16.6. The van der Waals surface area contributed by atoms with Crippen LogP contribution in [-0.4, -0.2) is 37.2 Å². The van der Waals surface area contributed by atoms with E-state index >= 15 is 0 Å². The number of hydrogen-bond acceptors (Lipinski definition) is 6. The van der Waals surface area contributed by atoms with Crippen molar-refractivity contribution in [2.45, 2.75) is 264 Å². The molecule has 0 aromatic rings. The number of ether oxygens (including phenoxy) is 3. The monoisotopic (exact) mass is 893 g/mol. The summed E-state index contributed by atoms with van der Waals surface area (Å²) in [4.78, 5) is 37.8. The number of carbonyl (C=O) groups excluding carboxylic acids is 3. The van der Waals surface area contributed by atoms with Crippen LogP contribution in [0.2, 0.25) is 0 Å². The van der Waals surface area contributed by atoms with Gasteiger partial charge < -0.3 is 14.2 Å². The Balaban J connectivity index is 4.17. The van der Waals surface area contributed by atoms with Crippen LogP contribution >= 0.6 is 0 Å². The molecule has 0 rings (SSSR count). The van der Waals surface area contributed by atoms with E-state index in [9.17, 15) is 14.4 Å². The van der Waals surface area contributed by atoms with Gasteiger partial charge in [-0.3, -0.25) is 14.4 Å². The molecule has 1 atom stereocenters. The van der Waals surface area contributed by atoms with Crippen LogP contribution in [-0.2, 0) is 28.6 Å². The van der Waals surface area contributed by atoms with Gasteiger partial charge in [0.1, 0.15) is 13.2 Å². The molecule has 0 aliphatic carbocycles. The molecule has 0 radical (unpaired) electrons. The Morgan fingerprint density at radius 2 is 0.609 bits per heavy atom. The molecule has 0 aromatic carbocycles. The van der Waals surface area contributed by atoms with Gasteiger partial charge in [-0.15, -0.1) is 0 Å². The second-order valence-electron chi connectivity index (χ2n) is 17.8. The summed E-state index contributed by atoms with van der Waals surface area (Å²) >= 11 is 0. The zero-order valence-electron chi connectivity index (χ0n) is 42.0. The molecule has 0 aliphatic heterocycles. The summed E-state index contributed by atoms with van der Waals surface area (Å²) in [7, 11) is 0. The second-order valence-corrected chi connectivity index (χ2v) is 17.8. The third kappa shape index (κ3) is 49.9. The van der Waals surface area contributed by atoms with E-state index in [0.29, 0.717) is 19.3 Å². The predicted molar refractivity (Wildman–Crippen MR) is 274 cm³/mol. The summed E-state index contributed by atoms with van der Waals surface area (Å²) in [6.45, 7) is 6.49. The Morgan fingerprint density at radius 1 is 0.328 bits per heavy atom. The SMILES string of the molecule is CC/C=C\C/C=C\C/C=C\C/C=C\C/C=C\C/C=C\CCCCCCCCCCC(=O)OCC(COC(=O)CCCCCCCCCCC)OC(=O)CCCCCCCCCCCC. The smallest absolute Gasteiger partial charge is 0.306 e.